The summed E-state index contributed by atoms with van der Waals surface area (Å²) < 4.78 is 9.69. The highest BCUT2D eigenvalue weighted by atomic mass is 28.4. The van der Waals surface area contributed by atoms with Crippen molar-refractivity contribution in [3.63, 3.8) is 0 Å². The Balaban J connectivity index is 2.08. The number of nitrogens with zero attached hydrogens (tertiary/aromatic N) is 1. The van der Waals surface area contributed by atoms with Crippen molar-refractivity contribution >= 4 is 35.2 Å². The van der Waals surface area contributed by atoms with Crippen LogP contribution in [0.5, 0.6) is 0 Å². The summed E-state index contributed by atoms with van der Waals surface area (Å²) in [5.74, 6) is 0. The lowest BCUT2D eigenvalue weighted by Gasteiger charge is -2.29. The number of hydrogen-bond acceptors (Lipinski definition) is 3. The summed E-state index contributed by atoms with van der Waals surface area (Å²) in [6.45, 7) is 0. The van der Waals surface area contributed by atoms with Crippen molar-refractivity contribution in [2.75, 3.05) is 4.23 Å². The van der Waals surface area contributed by atoms with Crippen molar-refractivity contribution < 1.29 is 0 Å². The average molecular weight is 211 g/mol. The van der Waals surface area contributed by atoms with Crippen LogP contribution < -0.4 is 13.5 Å². The van der Waals surface area contributed by atoms with Gasteiger partial charge in [-0.05, 0) is 12.1 Å². The Bertz CT molecular complexity index is 237. The van der Waals surface area contributed by atoms with Crippen LogP contribution in [0.15, 0.2) is 30.3 Å². The molecule has 0 spiro atoms. The molecule has 64 valence electrons. The summed E-state index contributed by atoms with van der Waals surface area (Å²) in [6, 6.07) is 10.7. The zero-order valence-electron chi connectivity index (χ0n) is 6.96. The monoisotopic (exact) mass is 211 g/mol. The molecule has 2 rings (SSSR count). The molecule has 0 unspecified atom stereocenters. The number of rotatable bonds is 1. The molecule has 0 aromatic heterocycles. The van der Waals surface area contributed by atoms with E-state index in [1.807, 2.05) is 0 Å². The van der Waals surface area contributed by atoms with Crippen molar-refractivity contribution in [2.24, 2.45) is 0 Å². The summed E-state index contributed by atoms with van der Waals surface area (Å²) >= 11 is 0. The molecule has 12 heavy (non-hydrogen) atoms. The SMILES string of the molecule is c1ccc(N2[SiH2]N[SiH2]N[SiH2]2)cc1. The molecule has 0 bridgehead atoms. The summed E-state index contributed by atoms with van der Waals surface area (Å²) in [7, 11) is -0.309. The van der Waals surface area contributed by atoms with Gasteiger partial charge in [0.1, 0.15) is 0 Å². The minimum Gasteiger partial charge on any atom is -0.411 e. The number of para-hydroxylation sites is 1. The Hall–Kier alpha value is -0.409. The Kier molecular flexibility index (Phi) is 2.74. The van der Waals surface area contributed by atoms with Gasteiger partial charge in [0, 0.05) is 5.69 Å². The molecule has 1 aliphatic heterocycles. The predicted octanol–water partition coefficient (Wildman–Crippen LogP) is -2.32. The van der Waals surface area contributed by atoms with Crippen LogP contribution in [0.1, 0.15) is 0 Å². The number of hydrogen-bond donors (Lipinski definition) is 2. The van der Waals surface area contributed by atoms with Gasteiger partial charge in [-0.1, -0.05) is 18.2 Å². The number of nitrogens with one attached hydrogen (secondary N) is 2. The molecule has 0 saturated carbocycles. The molecule has 1 aromatic carbocycles. The molecule has 0 aliphatic carbocycles. The number of anilines is 1. The van der Waals surface area contributed by atoms with Gasteiger partial charge in [0.25, 0.3) is 0 Å². The van der Waals surface area contributed by atoms with E-state index in [9.17, 15) is 0 Å². The first-order valence-corrected chi connectivity index (χ1v) is 8.27. The van der Waals surface area contributed by atoms with E-state index in [-0.39, 0.29) is 29.5 Å². The van der Waals surface area contributed by atoms with E-state index in [2.05, 4.69) is 43.9 Å². The van der Waals surface area contributed by atoms with Gasteiger partial charge in [-0.15, -0.1) is 0 Å². The molecule has 1 aliphatic rings. The number of benzene rings is 1. The van der Waals surface area contributed by atoms with Crippen LogP contribution in [0.25, 0.3) is 0 Å². The fraction of sp³-hybridized carbons (Fsp3) is 0. The maximum atomic E-state index is 3.56. The Morgan fingerprint density at radius 3 is 2.33 bits per heavy atom. The van der Waals surface area contributed by atoms with Crippen LogP contribution in [0.2, 0.25) is 0 Å². The van der Waals surface area contributed by atoms with Gasteiger partial charge in [-0.3, -0.25) is 0 Å². The first-order valence-electron chi connectivity index (χ1n) is 4.18. The molecule has 6 heteroatoms. The molecule has 2 N–H and O–H groups in total. The average Bonchev–Trinajstić information content (AvgIpc) is 2.21. The summed E-state index contributed by atoms with van der Waals surface area (Å²) in [6.07, 6.45) is 0. The van der Waals surface area contributed by atoms with E-state index in [1.54, 1.807) is 0 Å². The molecule has 0 atom stereocenters. The Morgan fingerprint density at radius 2 is 1.67 bits per heavy atom. The minimum absolute atomic E-state index is 0.0464. The van der Waals surface area contributed by atoms with Crippen molar-refractivity contribution in [3.8, 4) is 0 Å². The molecule has 1 saturated heterocycles. The maximum Gasteiger partial charge on any atom is 0.185 e. The lowest BCUT2D eigenvalue weighted by Crippen LogP contribution is -2.58. The van der Waals surface area contributed by atoms with Gasteiger partial charge in [0.15, 0.2) is 29.5 Å². The van der Waals surface area contributed by atoms with Crippen LogP contribution in [0, 0.1) is 0 Å². The second-order valence-electron chi connectivity index (χ2n) is 2.87. The zero-order valence-corrected chi connectivity index (χ0v) is 11.2. The van der Waals surface area contributed by atoms with Gasteiger partial charge in [-0.25, -0.2) is 0 Å². The maximum absolute atomic E-state index is 3.56. The summed E-state index contributed by atoms with van der Waals surface area (Å²) in [4.78, 5) is 0. The molecule has 1 fully saturated rings. The Labute approximate surface area is 79.5 Å². The molecule has 1 heterocycles. The van der Waals surface area contributed by atoms with Crippen LogP contribution in [-0.4, -0.2) is 29.5 Å². The highest BCUT2D eigenvalue weighted by Crippen LogP contribution is 2.09. The van der Waals surface area contributed by atoms with Gasteiger partial charge < -0.3 is 13.5 Å². The third-order valence-electron chi connectivity index (χ3n) is 1.98. The lowest BCUT2D eigenvalue weighted by atomic mass is 10.3. The van der Waals surface area contributed by atoms with Crippen molar-refractivity contribution in [2.45, 2.75) is 0 Å². The first-order chi connectivity index (χ1) is 5.97. The standard InChI is InChI=1S/C6H13N3Si3/c1-2-4-6(5-3-1)9-11-7-10-8-12-9/h1-5,7-8H,10-12H2. The van der Waals surface area contributed by atoms with E-state index in [0.29, 0.717) is 0 Å². The van der Waals surface area contributed by atoms with Gasteiger partial charge in [0.05, 0.1) is 0 Å². The van der Waals surface area contributed by atoms with E-state index >= 15 is 0 Å². The highest BCUT2D eigenvalue weighted by Gasteiger charge is 2.09. The van der Waals surface area contributed by atoms with Crippen LogP contribution in [-0.2, 0) is 0 Å². The second-order valence-corrected chi connectivity index (χ2v) is 10.3. The van der Waals surface area contributed by atoms with Crippen molar-refractivity contribution in [3.05, 3.63) is 30.3 Å². The summed E-state index contributed by atoms with van der Waals surface area (Å²) in [5, 5.41) is 0. The molecular formula is C6H13N3Si3. The van der Waals surface area contributed by atoms with Crippen LogP contribution >= 0.6 is 0 Å². The van der Waals surface area contributed by atoms with Crippen LogP contribution in [0.4, 0.5) is 5.69 Å². The quantitative estimate of drug-likeness (QED) is 0.511. The van der Waals surface area contributed by atoms with E-state index in [1.165, 1.54) is 5.69 Å². The minimum atomic E-state index is -0.132. The third-order valence-corrected chi connectivity index (χ3v) is 8.60. The van der Waals surface area contributed by atoms with Gasteiger partial charge in [0.2, 0.25) is 0 Å². The first kappa shape index (κ1) is 8.20. The lowest BCUT2D eigenvalue weighted by molar-refractivity contribution is 1.31. The topological polar surface area (TPSA) is 27.3 Å². The molecule has 0 radical (unpaired) electrons. The summed E-state index contributed by atoms with van der Waals surface area (Å²) in [5.41, 5.74) is 1.41. The zero-order chi connectivity index (χ0) is 8.23. The predicted molar refractivity (Wildman–Crippen MR) is 60.8 cm³/mol. The van der Waals surface area contributed by atoms with Crippen molar-refractivity contribution in [1.29, 1.82) is 0 Å². The highest BCUT2D eigenvalue weighted by molar-refractivity contribution is 6.73. The molecule has 3 nitrogen and oxygen atoms in total. The fourth-order valence-electron chi connectivity index (χ4n) is 1.35. The largest absolute Gasteiger partial charge is 0.411 e. The third kappa shape index (κ3) is 1.84. The van der Waals surface area contributed by atoms with E-state index < -0.39 is 0 Å². The second kappa shape index (κ2) is 4.01. The van der Waals surface area contributed by atoms with Gasteiger partial charge in [-0.2, -0.15) is 0 Å². The molecule has 1 aromatic rings. The fourth-order valence-corrected chi connectivity index (χ4v) is 10.8. The molecule has 0 amide bonds. The normalized spacial score (nSPS) is 23.8. The molecular weight excluding hydrogens is 198 g/mol. The smallest absolute Gasteiger partial charge is 0.185 e. The van der Waals surface area contributed by atoms with Crippen molar-refractivity contribution in [1.82, 2.24) is 9.30 Å². The van der Waals surface area contributed by atoms with E-state index in [0.717, 1.165) is 0 Å². The van der Waals surface area contributed by atoms with Gasteiger partial charge >= 0.3 is 0 Å². The van der Waals surface area contributed by atoms with E-state index in [4.69, 9.17) is 0 Å². The van der Waals surface area contributed by atoms with Crippen LogP contribution in [0.3, 0.4) is 0 Å². The Morgan fingerprint density at radius 1 is 1.00 bits per heavy atom.